The van der Waals surface area contributed by atoms with Gasteiger partial charge in [-0.1, -0.05) is 13.8 Å². The Labute approximate surface area is 83.4 Å². The van der Waals surface area contributed by atoms with Crippen molar-refractivity contribution in [3.05, 3.63) is 34.6 Å². The van der Waals surface area contributed by atoms with E-state index in [0.717, 1.165) is 6.07 Å². The predicted molar refractivity (Wildman–Crippen MR) is 54.2 cm³/mol. The highest BCUT2D eigenvalue weighted by molar-refractivity contribution is 5.87. The van der Waals surface area contributed by atoms with E-state index < -0.39 is 11.8 Å². The van der Waals surface area contributed by atoms with Crippen LogP contribution in [0.25, 0.3) is 0 Å². The maximum absolute atomic E-state index is 12.9. The van der Waals surface area contributed by atoms with E-state index in [-0.39, 0.29) is 5.56 Å². The topological polar surface area (TPSA) is 37.3 Å². The van der Waals surface area contributed by atoms with E-state index in [9.17, 15) is 9.18 Å². The molecule has 0 amide bonds. The van der Waals surface area contributed by atoms with Crippen molar-refractivity contribution in [2.24, 2.45) is 0 Å². The zero-order valence-corrected chi connectivity index (χ0v) is 8.89. The molecule has 0 unspecified atom stereocenters. The van der Waals surface area contributed by atoms with E-state index in [1.165, 1.54) is 6.07 Å². The molecule has 0 aromatic heterocycles. The van der Waals surface area contributed by atoms with E-state index in [1.54, 1.807) is 13.8 Å². The molecule has 0 aliphatic heterocycles. The Morgan fingerprint density at radius 1 is 1.29 bits per heavy atom. The molecule has 2 nitrogen and oxygen atoms in total. The highest BCUT2D eigenvalue weighted by Crippen LogP contribution is 2.14. The first-order valence-electron chi connectivity index (χ1n) is 4.52. The van der Waals surface area contributed by atoms with Gasteiger partial charge in [0.2, 0.25) is 0 Å². The second-order valence-corrected chi connectivity index (χ2v) is 2.71. The van der Waals surface area contributed by atoms with Crippen LogP contribution in [0.15, 0.2) is 12.1 Å². The Morgan fingerprint density at radius 3 is 2.14 bits per heavy atom. The summed E-state index contributed by atoms with van der Waals surface area (Å²) in [6.07, 6.45) is 0. The molecule has 1 aromatic rings. The van der Waals surface area contributed by atoms with E-state index >= 15 is 0 Å². The van der Waals surface area contributed by atoms with Gasteiger partial charge in [-0.05, 0) is 37.1 Å². The molecule has 0 heterocycles. The van der Waals surface area contributed by atoms with Crippen molar-refractivity contribution in [3.63, 3.8) is 0 Å². The number of halogens is 1. The van der Waals surface area contributed by atoms with Gasteiger partial charge in [0.15, 0.2) is 0 Å². The molecule has 3 heteroatoms. The lowest BCUT2D eigenvalue weighted by Crippen LogP contribution is -1.99. The monoisotopic (exact) mass is 198 g/mol. The van der Waals surface area contributed by atoms with Crippen LogP contribution in [0.3, 0.4) is 0 Å². The maximum Gasteiger partial charge on any atom is 0.335 e. The Kier molecular flexibility index (Phi) is 4.84. The fraction of sp³-hybridized carbons (Fsp3) is 0.364. The Bertz CT molecular complexity index is 309. The van der Waals surface area contributed by atoms with Crippen LogP contribution >= 0.6 is 0 Å². The minimum atomic E-state index is -1.10. The van der Waals surface area contributed by atoms with Gasteiger partial charge in [0.25, 0.3) is 0 Å². The van der Waals surface area contributed by atoms with Crippen molar-refractivity contribution in [3.8, 4) is 0 Å². The van der Waals surface area contributed by atoms with Crippen molar-refractivity contribution in [1.82, 2.24) is 0 Å². The van der Waals surface area contributed by atoms with Crippen LogP contribution in [0, 0.1) is 19.7 Å². The van der Waals surface area contributed by atoms with Crippen molar-refractivity contribution in [2.75, 3.05) is 0 Å². The van der Waals surface area contributed by atoms with Gasteiger partial charge in [0, 0.05) is 0 Å². The Morgan fingerprint density at radius 2 is 1.79 bits per heavy atom. The maximum atomic E-state index is 12.9. The van der Waals surface area contributed by atoms with Crippen LogP contribution in [0.1, 0.15) is 35.3 Å². The average molecular weight is 198 g/mol. The van der Waals surface area contributed by atoms with Gasteiger partial charge in [-0.3, -0.25) is 0 Å². The van der Waals surface area contributed by atoms with Crippen LogP contribution in [-0.4, -0.2) is 11.1 Å². The summed E-state index contributed by atoms with van der Waals surface area (Å²) in [5.41, 5.74) is 1.16. The van der Waals surface area contributed by atoms with Gasteiger partial charge in [-0.2, -0.15) is 0 Å². The zero-order chi connectivity index (χ0) is 11.3. The van der Waals surface area contributed by atoms with Crippen LogP contribution < -0.4 is 0 Å². The smallest absolute Gasteiger partial charge is 0.335 e. The molecule has 1 N–H and O–H groups in total. The van der Waals surface area contributed by atoms with Gasteiger partial charge in [-0.25, -0.2) is 9.18 Å². The van der Waals surface area contributed by atoms with Crippen molar-refractivity contribution >= 4 is 5.97 Å². The molecule has 0 bridgehead atoms. The standard InChI is InChI=1S/C9H9FO2.C2H6/c1-5-3-7(9(11)12)4-8(10)6(5)2;1-2/h3-4H,1-2H3,(H,11,12);1-2H3. The molecule has 0 spiro atoms. The average Bonchev–Trinajstić information content (AvgIpc) is 2.16. The number of carboxylic acid groups (broad SMARTS) is 1. The quantitative estimate of drug-likeness (QED) is 0.752. The largest absolute Gasteiger partial charge is 0.478 e. The normalized spacial score (nSPS) is 8.93. The first-order valence-corrected chi connectivity index (χ1v) is 4.52. The number of aryl methyl sites for hydroxylation is 1. The van der Waals surface area contributed by atoms with Crippen LogP contribution in [0.4, 0.5) is 4.39 Å². The molecule has 0 aliphatic carbocycles. The summed E-state index contributed by atoms with van der Waals surface area (Å²) in [6.45, 7) is 7.31. The minimum absolute atomic E-state index is 0.00407. The van der Waals surface area contributed by atoms with Gasteiger partial charge in [0.05, 0.1) is 5.56 Å². The third-order valence-corrected chi connectivity index (χ3v) is 1.85. The summed E-state index contributed by atoms with van der Waals surface area (Å²) >= 11 is 0. The molecule has 0 aliphatic rings. The first-order chi connectivity index (χ1) is 6.52. The van der Waals surface area contributed by atoms with Gasteiger partial charge in [-0.15, -0.1) is 0 Å². The molecule has 1 rings (SSSR count). The van der Waals surface area contributed by atoms with Crippen LogP contribution in [-0.2, 0) is 0 Å². The lowest BCUT2D eigenvalue weighted by atomic mass is 10.1. The Hall–Kier alpha value is -1.38. The van der Waals surface area contributed by atoms with E-state index in [1.807, 2.05) is 13.8 Å². The number of benzene rings is 1. The second-order valence-electron chi connectivity index (χ2n) is 2.71. The molecule has 0 fully saturated rings. The highest BCUT2D eigenvalue weighted by Gasteiger charge is 2.08. The van der Waals surface area contributed by atoms with E-state index in [4.69, 9.17) is 5.11 Å². The van der Waals surface area contributed by atoms with Crippen LogP contribution in [0.2, 0.25) is 0 Å². The minimum Gasteiger partial charge on any atom is -0.478 e. The van der Waals surface area contributed by atoms with Crippen molar-refractivity contribution < 1.29 is 14.3 Å². The van der Waals surface area contributed by atoms with E-state index in [0.29, 0.717) is 11.1 Å². The third kappa shape index (κ3) is 2.83. The molecular formula is C11H15FO2. The zero-order valence-electron chi connectivity index (χ0n) is 8.89. The molecular weight excluding hydrogens is 183 g/mol. The summed E-state index contributed by atoms with van der Waals surface area (Å²) in [6, 6.07) is 2.49. The summed E-state index contributed by atoms with van der Waals surface area (Å²) in [4.78, 5) is 10.5. The predicted octanol–water partition coefficient (Wildman–Crippen LogP) is 3.17. The lowest BCUT2D eigenvalue weighted by molar-refractivity contribution is 0.0696. The van der Waals surface area contributed by atoms with Gasteiger partial charge in [0.1, 0.15) is 5.82 Å². The molecule has 78 valence electrons. The Balaban J connectivity index is 0.000000791. The van der Waals surface area contributed by atoms with Crippen molar-refractivity contribution in [2.45, 2.75) is 27.7 Å². The summed E-state index contributed by atoms with van der Waals surface area (Å²) in [5, 5.41) is 8.56. The second kappa shape index (κ2) is 5.37. The number of hydrogen-bond donors (Lipinski definition) is 1. The van der Waals surface area contributed by atoms with Gasteiger partial charge >= 0.3 is 5.97 Å². The summed E-state index contributed by atoms with van der Waals surface area (Å²) < 4.78 is 12.9. The van der Waals surface area contributed by atoms with E-state index in [2.05, 4.69) is 0 Å². The molecule has 0 saturated heterocycles. The van der Waals surface area contributed by atoms with Crippen LogP contribution in [0.5, 0.6) is 0 Å². The number of aromatic carboxylic acids is 1. The fourth-order valence-electron chi connectivity index (χ4n) is 0.940. The molecule has 1 aromatic carbocycles. The highest BCUT2D eigenvalue weighted by atomic mass is 19.1. The molecule has 0 radical (unpaired) electrons. The number of carboxylic acids is 1. The number of rotatable bonds is 1. The van der Waals surface area contributed by atoms with Crippen molar-refractivity contribution in [1.29, 1.82) is 0 Å². The first kappa shape index (κ1) is 12.6. The number of carbonyl (C=O) groups is 1. The SMILES string of the molecule is CC.Cc1cc(C(=O)O)cc(F)c1C. The lowest BCUT2D eigenvalue weighted by Gasteiger charge is -2.02. The summed E-state index contributed by atoms with van der Waals surface area (Å²) in [5.74, 6) is -1.57. The van der Waals surface area contributed by atoms with Gasteiger partial charge < -0.3 is 5.11 Å². The number of hydrogen-bond acceptors (Lipinski definition) is 1. The molecule has 0 atom stereocenters. The molecule has 14 heavy (non-hydrogen) atoms. The molecule has 0 saturated carbocycles. The summed E-state index contributed by atoms with van der Waals surface area (Å²) in [7, 11) is 0. The fourth-order valence-corrected chi connectivity index (χ4v) is 0.940. The third-order valence-electron chi connectivity index (χ3n) is 1.85.